The van der Waals surface area contributed by atoms with E-state index in [2.05, 4.69) is 11.9 Å². The van der Waals surface area contributed by atoms with Crippen LogP contribution in [0.15, 0.2) is 73.0 Å². The molecule has 7 nitrogen and oxygen atoms in total. The summed E-state index contributed by atoms with van der Waals surface area (Å²) in [5, 5.41) is 17.4. The van der Waals surface area contributed by atoms with E-state index in [0.717, 1.165) is 35.4 Å². The SMILES string of the molecule is C=CCOc1ccc(-c2nn(-c3ccccc3)cc2/C=C(/C#N)C(=O)NC[C@H]2CCCO2)c(C)c1. The second-order valence-electron chi connectivity index (χ2n) is 8.30. The number of hydrogen-bond donors (Lipinski definition) is 1. The van der Waals surface area contributed by atoms with Gasteiger partial charge < -0.3 is 14.8 Å². The molecular weight excluding hydrogens is 440 g/mol. The van der Waals surface area contributed by atoms with Gasteiger partial charge in [0.15, 0.2) is 0 Å². The molecule has 0 aliphatic carbocycles. The number of ether oxygens (including phenoxy) is 2. The van der Waals surface area contributed by atoms with Crippen LogP contribution in [0.25, 0.3) is 23.0 Å². The lowest BCUT2D eigenvalue weighted by Gasteiger charge is -2.10. The fraction of sp³-hybridized carbons (Fsp3) is 0.250. The Labute approximate surface area is 205 Å². The minimum atomic E-state index is -0.425. The summed E-state index contributed by atoms with van der Waals surface area (Å²) in [5.41, 5.74) is 4.07. The molecule has 0 saturated carbocycles. The summed E-state index contributed by atoms with van der Waals surface area (Å²) in [7, 11) is 0. The topological polar surface area (TPSA) is 89.2 Å². The van der Waals surface area contributed by atoms with Crippen molar-refractivity contribution in [2.75, 3.05) is 19.8 Å². The van der Waals surface area contributed by atoms with Gasteiger partial charge in [-0.3, -0.25) is 4.79 Å². The molecule has 4 rings (SSSR count). The van der Waals surface area contributed by atoms with Gasteiger partial charge in [0, 0.05) is 30.5 Å². The molecule has 1 aromatic heterocycles. The number of carbonyl (C=O) groups excluding carboxylic acids is 1. The Bertz CT molecular complexity index is 1270. The molecular formula is C28H28N4O3. The summed E-state index contributed by atoms with van der Waals surface area (Å²) in [6.07, 6.45) is 7.01. The number of aromatic nitrogens is 2. The Morgan fingerprint density at radius 1 is 1.34 bits per heavy atom. The minimum absolute atomic E-state index is 0.000225. The maximum absolute atomic E-state index is 12.8. The summed E-state index contributed by atoms with van der Waals surface area (Å²) in [6, 6.07) is 17.5. The van der Waals surface area contributed by atoms with Crippen LogP contribution < -0.4 is 10.1 Å². The monoisotopic (exact) mass is 468 g/mol. The first-order valence-electron chi connectivity index (χ1n) is 11.6. The zero-order valence-corrected chi connectivity index (χ0v) is 19.7. The third kappa shape index (κ3) is 5.86. The van der Waals surface area contributed by atoms with Gasteiger partial charge in [0.1, 0.15) is 29.7 Å². The first-order chi connectivity index (χ1) is 17.1. The fourth-order valence-electron chi connectivity index (χ4n) is 3.97. The van der Waals surface area contributed by atoms with Crippen LogP contribution in [-0.2, 0) is 9.53 Å². The van der Waals surface area contributed by atoms with Crippen molar-refractivity contribution in [1.29, 1.82) is 5.26 Å². The lowest BCUT2D eigenvalue weighted by molar-refractivity contribution is -0.117. The van der Waals surface area contributed by atoms with Gasteiger partial charge in [0.05, 0.1) is 11.8 Å². The van der Waals surface area contributed by atoms with E-state index >= 15 is 0 Å². The smallest absolute Gasteiger partial charge is 0.262 e. The van der Waals surface area contributed by atoms with E-state index in [1.807, 2.05) is 67.7 Å². The number of nitrogens with zero attached hydrogens (tertiary/aromatic N) is 3. The Kier molecular flexibility index (Phi) is 7.76. The molecule has 3 aromatic rings. The van der Waals surface area contributed by atoms with Gasteiger partial charge in [-0.15, -0.1) is 0 Å². The van der Waals surface area contributed by atoms with Crippen LogP contribution in [0.3, 0.4) is 0 Å². The van der Waals surface area contributed by atoms with Crippen molar-refractivity contribution in [2.24, 2.45) is 0 Å². The second-order valence-corrected chi connectivity index (χ2v) is 8.30. The van der Waals surface area contributed by atoms with Gasteiger partial charge in [-0.1, -0.05) is 30.9 Å². The van der Waals surface area contributed by atoms with Crippen molar-refractivity contribution in [2.45, 2.75) is 25.9 Å². The molecule has 2 aromatic carbocycles. The molecule has 0 unspecified atom stereocenters. The molecule has 1 aliphatic heterocycles. The van der Waals surface area contributed by atoms with Crippen LogP contribution in [0.5, 0.6) is 5.75 Å². The number of amides is 1. The summed E-state index contributed by atoms with van der Waals surface area (Å²) in [5.74, 6) is 0.309. The van der Waals surface area contributed by atoms with Crippen molar-refractivity contribution in [1.82, 2.24) is 15.1 Å². The maximum atomic E-state index is 12.8. The van der Waals surface area contributed by atoms with E-state index in [0.29, 0.717) is 31.0 Å². The van der Waals surface area contributed by atoms with Gasteiger partial charge in [-0.25, -0.2) is 4.68 Å². The van der Waals surface area contributed by atoms with Gasteiger partial charge in [0.25, 0.3) is 5.91 Å². The van der Waals surface area contributed by atoms with E-state index in [1.165, 1.54) is 0 Å². The number of hydrogen-bond acceptors (Lipinski definition) is 5. The third-order valence-electron chi connectivity index (χ3n) is 5.76. The number of rotatable bonds is 9. The first-order valence-corrected chi connectivity index (χ1v) is 11.6. The summed E-state index contributed by atoms with van der Waals surface area (Å²) >= 11 is 0. The molecule has 0 spiro atoms. The van der Waals surface area contributed by atoms with Crippen LogP contribution in [0.2, 0.25) is 0 Å². The molecule has 1 N–H and O–H groups in total. The minimum Gasteiger partial charge on any atom is -0.490 e. The van der Waals surface area contributed by atoms with Crippen LogP contribution in [0, 0.1) is 18.3 Å². The van der Waals surface area contributed by atoms with E-state index in [-0.39, 0.29) is 11.7 Å². The normalized spacial score (nSPS) is 15.4. The van der Waals surface area contributed by atoms with Crippen LogP contribution in [0.1, 0.15) is 24.0 Å². The maximum Gasteiger partial charge on any atom is 0.262 e. The van der Waals surface area contributed by atoms with Gasteiger partial charge >= 0.3 is 0 Å². The lowest BCUT2D eigenvalue weighted by atomic mass is 10.0. The third-order valence-corrected chi connectivity index (χ3v) is 5.76. The van der Waals surface area contributed by atoms with Crippen molar-refractivity contribution in [3.8, 4) is 28.8 Å². The standard InChI is InChI=1S/C28H28N4O3/c1-3-13-34-24-11-12-26(20(2)15-24)27-22(19-32(31-27)23-8-5-4-6-9-23)16-21(17-29)28(33)30-18-25-10-7-14-35-25/h3-6,8-9,11-12,15-16,19,25H,1,7,10,13-14,18H2,2H3,(H,30,33)/b21-16-/t25-/m1/s1. The summed E-state index contributed by atoms with van der Waals surface area (Å²) in [6.45, 7) is 7.17. The molecule has 7 heteroatoms. The van der Waals surface area contributed by atoms with Crippen molar-refractivity contribution in [3.05, 3.63) is 84.1 Å². The Hall–Kier alpha value is -4.15. The van der Waals surface area contributed by atoms with Crippen LogP contribution in [-0.4, -0.2) is 41.6 Å². The predicted octanol–water partition coefficient (Wildman–Crippen LogP) is 4.61. The Morgan fingerprint density at radius 3 is 2.86 bits per heavy atom. The van der Waals surface area contributed by atoms with Crippen molar-refractivity contribution < 1.29 is 14.3 Å². The molecule has 1 atom stereocenters. The molecule has 35 heavy (non-hydrogen) atoms. The highest BCUT2D eigenvalue weighted by atomic mass is 16.5. The fourth-order valence-corrected chi connectivity index (χ4v) is 3.97. The molecule has 178 valence electrons. The Morgan fingerprint density at radius 2 is 2.17 bits per heavy atom. The average molecular weight is 469 g/mol. The van der Waals surface area contributed by atoms with E-state index in [9.17, 15) is 10.1 Å². The quantitative estimate of drug-likeness (QED) is 0.281. The molecule has 1 aliphatic rings. The number of nitriles is 1. The second kappa shape index (κ2) is 11.3. The summed E-state index contributed by atoms with van der Waals surface area (Å²) in [4.78, 5) is 12.8. The summed E-state index contributed by atoms with van der Waals surface area (Å²) < 4.78 is 13.0. The van der Waals surface area contributed by atoms with Crippen molar-refractivity contribution in [3.63, 3.8) is 0 Å². The zero-order valence-electron chi connectivity index (χ0n) is 19.7. The molecule has 2 heterocycles. The van der Waals surface area contributed by atoms with Gasteiger partial charge in [-0.05, 0) is 61.7 Å². The molecule has 0 bridgehead atoms. The predicted molar refractivity (Wildman–Crippen MR) is 135 cm³/mol. The van der Waals surface area contributed by atoms with Gasteiger partial charge in [-0.2, -0.15) is 10.4 Å². The highest BCUT2D eigenvalue weighted by molar-refractivity contribution is 6.02. The first kappa shape index (κ1) is 24.0. The lowest BCUT2D eigenvalue weighted by Crippen LogP contribution is -2.32. The molecule has 1 fully saturated rings. The molecule has 1 saturated heterocycles. The number of aryl methyl sites for hydroxylation is 1. The van der Waals surface area contributed by atoms with Crippen LogP contribution >= 0.6 is 0 Å². The molecule has 0 radical (unpaired) electrons. The van der Waals surface area contributed by atoms with Crippen LogP contribution in [0.4, 0.5) is 0 Å². The number of para-hydroxylation sites is 1. The number of carbonyl (C=O) groups is 1. The largest absolute Gasteiger partial charge is 0.490 e. The van der Waals surface area contributed by atoms with Crippen molar-refractivity contribution >= 4 is 12.0 Å². The number of benzene rings is 2. The zero-order chi connectivity index (χ0) is 24.6. The van der Waals surface area contributed by atoms with E-state index in [4.69, 9.17) is 14.6 Å². The molecule has 1 amide bonds. The Balaban J connectivity index is 1.69. The van der Waals surface area contributed by atoms with E-state index < -0.39 is 5.91 Å². The number of nitrogens with one attached hydrogen (secondary N) is 1. The van der Waals surface area contributed by atoms with Gasteiger partial charge in [0.2, 0.25) is 0 Å². The highest BCUT2D eigenvalue weighted by Gasteiger charge is 2.19. The highest BCUT2D eigenvalue weighted by Crippen LogP contribution is 2.30. The average Bonchev–Trinajstić information content (AvgIpc) is 3.55. The van der Waals surface area contributed by atoms with E-state index in [1.54, 1.807) is 16.8 Å².